The van der Waals surface area contributed by atoms with Crippen molar-refractivity contribution < 1.29 is 24.2 Å². The monoisotopic (exact) mass is 328 g/mol. The molecule has 2 N–H and O–H groups in total. The largest absolute Gasteiger partial charge is 0.508 e. The van der Waals surface area contributed by atoms with Gasteiger partial charge in [-0.05, 0) is 42.0 Å². The van der Waals surface area contributed by atoms with Gasteiger partial charge in [-0.2, -0.15) is 0 Å². The predicted octanol–water partition coefficient (Wildman–Crippen LogP) is 1.40. The average molecular weight is 328 g/mol. The van der Waals surface area contributed by atoms with Crippen molar-refractivity contribution >= 4 is 17.5 Å². The van der Waals surface area contributed by atoms with E-state index in [2.05, 4.69) is 5.32 Å². The van der Waals surface area contributed by atoms with Gasteiger partial charge in [0, 0.05) is 19.3 Å². The highest BCUT2D eigenvalue weighted by Gasteiger charge is 2.20. The third-order valence-corrected chi connectivity index (χ3v) is 3.63. The van der Waals surface area contributed by atoms with E-state index in [4.69, 9.17) is 9.47 Å². The molecule has 0 radical (unpaired) electrons. The molecule has 1 aliphatic rings. The maximum atomic E-state index is 12.1. The summed E-state index contributed by atoms with van der Waals surface area (Å²) in [6, 6.07) is 11.3. The Hall–Kier alpha value is -3.22. The molecule has 0 saturated heterocycles. The minimum Gasteiger partial charge on any atom is -0.508 e. The maximum Gasteiger partial charge on any atom is 0.316 e. The zero-order chi connectivity index (χ0) is 17.1. The molecule has 2 aromatic rings. The van der Waals surface area contributed by atoms with E-state index in [0.717, 1.165) is 5.56 Å². The number of amides is 2. The molecule has 0 spiro atoms. The Morgan fingerprint density at radius 2 is 1.83 bits per heavy atom. The van der Waals surface area contributed by atoms with Gasteiger partial charge in [0.25, 0.3) is 0 Å². The average Bonchev–Trinajstić information content (AvgIpc) is 3.06. The van der Waals surface area contributed by atoms with Crippen molar-refractivity contribution in [1.29, 1.82) is 0 Å². The third-order valence-electron chi connectivity index (χ3n) is 3.63. The van der Waals surface area contributed by atoms with E-state index in [1.54, 1.807) is 30.3 Å². The number of nitrogens with zero attached hydrogens (tertiary/aromatic N) is 1. The summed E-state index contributed by atoms with van der Waals surface area (Å²) in [5.41, 5.74) is 1.31. The van der Waals surface area contributed by atoms with Crippen LogP contribution >= 0.6 is 0 Å². The fourth-order valence-electron chi connectivity index (χ4n) is 2.25. The van der Waals surface area contributed by atoms with Gasteiger partial charge in [-0.15, -0.1) is 0 Å². The molecule has 0 bridgehead atoms. The first-order valence-electron chi connectivity index (χ1n) is 7.28. The standard InChI is InChI=1S/C17H16N2O5/c1-19(12-3-5-13(20)6-4-12)17(22)16(21)18-9-11-2-7-14-15(8-11)24-10-23-14/h2-8,20H,9-10H2,1H3,(H,18,21). The Balaban J connectivity index is 1.60. The first-order chi connectivity index (χ1) is 11.5. The lowest BCUT2D eigenvalue weighted by atomic mass is 10.2. The highest BCUT2D eigenvalue weighted by Crippen LogP contribution is 2.32. The second-order valence-electron chi connectivity index (χ2n) is 5.25. The molecule has 24 heavy (non-hydrogen) atoms. The molecule has 7 nitrogen and oxygen atoms in total. The number of hydrogen-bond donors (Lipinski definition) is 2. The number of carbonyl (C=O) groups is 2. The molecule has 1 heterocycles. The number of fused-ring (bicyclic) bond motifs is 1. The number of likely N-dealkylation sites (N-methyl/N-ethyl adjacent to an activating group) is 1. The normalized spacial score (nSPS) is 11.9. The van der Waals surface area contributed by atoms with Crippen molar-refractivity contribution in [2.24, 2.45) is 0 Å². The van der Waals surface area contributed by atoms with Crippen LogP contribution in [0, 0.1) is 0 Å². The molecule has 0 saturated carbocycles. The summed E-state index contributed by atoms with van der Waals surface area (Å²) in [5, 5.41) is 11.8. The van der Waals surface area contributed by atoms with Crippen LogP contribution < -0.4 is 19.7 Å². The van der Waals surface area contributed by atoms with Crippen LogP contribution in [0.2, 0.25) is 0 Å². The van der Waals surface area contributed by atoms with Crippen molar-refractivity contribution in [2.75, 3.05) is 18.7 Å². The number of benzene rings is 2. The van der Waals surface area contributed by atoms with Gasteiger partial charge < -0.3 is 24.8 Å². The van der Waals surface area contributed by atoms with E-state index in [1.807, 2.05) is 0 Å². The number of nitrogens with one attached hydrogen (secondary N) is 1. The van der Waals surface area contributed by atoms with Gasteiger partial charge in [0.15, 0.2) is 11.5 Å². The highest BCUT2D eigenvalue weighted by atomic mass is 16.7. The fourth-order valence-corrected chi connectivity index (χ4v) is 2.25. The fraction of sp³-hybridized carbons (Fsp3) is 0.176. The molecule has 0 aromatic heterocycles. The summed E-state index contributed by atoms with van der Waals surface area (Å²) < 4.78 is 10.5. The first-order valence-corrected chi connectivity index (χ1v) is 7.28. The Morgan fingerprint density at radius 3 is 2.58 bits per heavy atom. The zero-order valence-corrected chi connectivity index (χ0v) is 13.0. The maximum absolute atomic E-state index is 12.1. The van der Waals surface area contributed by atoms with Crippen LogP contribution in [0.15, 0.2) is 42.5 Å². The van der Waals surface area contributed by atoms with Crippen molar-refractivity contribution in [3.8, 4) is 17.2 Å². The number of aromatic hydroxyl groups is 1. The SMILES string of the molecule is CN(C(=O)C(=O)NCc1ccc2c(c1)OCO2)c1ccc(O)cc1. The molecule has 3 rings (SSSR count). The summed E-state index contributed by atoms with van der Waals surface area (Å²) in [6.45, 7) is 0.381. The Kier molecular flexibility index (Phi) is 4.24. The quantitative estimate of drug-likeness (QED) is 0.832. The van der Waals surface area contributed by atoms with Gasteiger partial charge in [0.2, 0.25) is 6.79 Å². The number of rotatable bonds is 3. The van der Waals surface area contributed by atoms with Gasteiger partial charge in [0.1, 0.15) is 5.75 Å². The van der Waals surface area contributed by atoms with E-state index in [1.165, 1.54) is 24.1 Å². The summed E-state index contributed by atoms with van der Waals surface area (Å²) in [7, 11) is 1.49. The Morgan fingerprint density at radius 1 is 1.12 bits per heavy atom. The third kappa shape index (κ3) is 3.24. The highest BCUT2D eigenvalue weighted by molar-refractivity contribution is 6.40. The smallest absolute Gasteiger partial charge is 0.316 e. The molecule has 0 atom stereocenters. The van der Waals surface area contributed by atoms with Gasteiger partial charge >= 0.3 is 11.8 Å². The molecule has 124 valence electrons. The number of hydrogen-bond acceptors (Lipinski definition) is 5. The van der Waals surface area contributed by atoms with Crippen LogP contribution in [0.4, 0.5) is 5.69 Å². The number of carbonyl (C=O) groups excluding carboxylic acids is 2. The molecule has 2 amide bonds. The number of anilines is 1. The van der Waals surface area contributed by atoms with E-state index in [9.17, 15) is 14.7 Å². The van der Waals surface area contributed by atoms with Gasteiger partial charge in [-0.25, -0.2) is 0 Å². The topological polar surface area (TPSA) is 88.1 Å². The van der Waals surface area contributed by atoms with Crippen molar-refractivity contribution in [3.05, 3.63) is 48.0 Å². The Labute approximate surface area is 138 Å². The van der Waals surface area contributed by atoms with Crippen molar-refractivity contribution in [2.45, 2.75) is 6.54 Å². The molecule has 0 unspecified atom stereocenters. The second kappa shape index (κ2) is 6.49. The van der Waals surface area contributed by atoms with Crippen LogP contribution in [-0.4, -0.2) is 30.8 Å². The minimum atomic E-state index is -0.719. The molecule has 2 aromatic carbocycles. The van der Waals surface area contributed by atoms with E-state index < -0.39 is 11.8 Å². The Bertz CT molecular complexity index is 773. The number of ether oxygens (including phenoxy) is 2. The lowest BCUT2D eigenvalue weighted by molar-refractivity contribution is -0.137. The van der Waals surface area contributed by atoms with Crippen LogP contribution in [0.1, 0.15) is 5.56 Å². The van der Waals surface area contributed by atoms with Crippen LogP contribution in [0.25, 0.3) is 0 Å². The zero-order valence-electron chi connectivity index (χ0n) is 13.0. The van der Waals surface area contributed by atoms with Crippen molar-refractivity contribution in [1.82, 2.24) is 5.32 Å². The summed E-state index contributed by atoms with van der Waals surface area (Å²) >= 11 is 0. The van der Waals surface area contributed by atoms with Crippen LogP contribution in [-0.2, 0) is 16.1 Å². The van der Waals surface area contributed by atoms with Gasteiger partial charge in [0.05, 0.1) is 0 Å². The van der Waals surface area contributed by atoms with Crippen LogP contribution in [0.3, 0.4) is 0 Å². The van der Waals surface area contributed by atoms with Crippen molar-refractivity contribution in [3.63, 3.8) is 0 Å². The molecular formula is C17H16N2O5. The molecular weight excluding hydrogens is 312 g/mol. The summed E-state index contributed by atoms with van der Waals surface area (Å²) in [4.78, 5) is 25.4. The molecule has 7 heteroatoms. The second-order valence-corrected chi connectivity index (χ2v) is 5.25. The molecule has 1 aliphatic heterocycles. The van der Waals surface area contributed by atoms with Gasteiger partial charge in [-0.3, -0.25) is 9.59 Å². The van der Waals surface area contributed by atoms with E-state index >= 15 is 0 Å². The van der Waals surface area contributed by atoms with E-state index in [-0.39, 0.29) is 19.1 Å². The summed E-state index contributed by atoms with van der Waals surface area (Å²) in [5.74, 6) is -0.0426. The predicted molar refractivity (Wildman–Crippen MR) is 85.9 cm³/mol. The lowest BCUT2D eigenvalue weighted by Crippen LogP contribution is -2.40. The van der Waals surface area contributed by atoms with Gasteiger partial charge in [-0.1, -0.05) is 6.07 Å². The minimum absolute atomic E-state index is 0.0897. The number of phenolic OH excluding ortho intramolecular Hbond substituents is 1. The van der Waals surface area contributed by atoms with Crippen LogP contribution in [0.5, 0.6) is 17.2 Å². The molecule has 0 aliphatic carbocycles. The molecule has 0 fully saturated rings. The summed E-state index contributed by atoms with van der Waals surface area (Å²) in [6.07, 6.45) is 0. The number of phenols is 1. The van der Waals surface area contributed by atoms with E-state index in [0.29, 0.717) is 17.2 Å². The lowest BCUT2D eigenvalue weighted by Gasteiger charge is -2.16. The first kappa shape index (κ1) is 15.7.